The Bertz CT molecular complexity index is 1180. The first-order valence-corrected chi connectivity index (χ1v) is 8.51. The Labute approximate surface area is 158 Å². The second-order valence-electron chi connectivity index (χ2n) is 6.01. The van der Waals surface area contributed by atoms with Gasteiger partial charge in [0.15, 0.2) is 0 Å². The lowest BCUT2D eigenvalue weighted by Crippen LogP contribution is -2.31. The second kappa shape index (κ2) is 7.39. The number of halogens is 1. The molecule has 1 aromatic carbocycles. The Hall–Kier alpha value is -3.88. The zero-order valence-electron chi connectivity index (χ0n) is 14.6. The van der Waals surface area contributed by atoms with Gasteiger partial charge in [0.25, 0.3) is 11.5 Å². The molecule has 4 aromatic rings. The van der Waals surface area contributed by atoms with Crippen LogP contribution in [0.3, 0.4) is 0 Å². The van der Waals surface area contributed by atoms with Crippen molar-refractivity contribution < 1.29 is 9.18 Å². The van der Waals surface area contributed by atoms with Crippen LogP contribution in [0.2, 0.25) is 0 Å². The molecule has 0 atom stereocenters. The van der Waals surface area contributed by atoms with Crippen molar-refractivity contribution in [1.29, 1.82) is 0 Å². The average molecular weight is 378 g/mol. The number of hydrogen-bond donors (Lipinski definition) is 1. The fourth-order valence-electron chi connectivity index (χ4n) is 2.76. The van der Waals surface area contributed by atoms with Crippen LogP contribution in [0, 0.1) is 5.82 Å². The van der Waals surface area contributed by atoms with E-state index in [2.05, 4.69) is 20.4 Å². The molecule has 0 aliphatic heterocycles. The molecule has 28 heavy (non-hydrogen) atoms. The van der Waals surface area contributed by atoms with Crippen LogP contribution in [-0.2, 0) is 6.54 Å². The van der Waals surface area contributed by atoms with Crippen molar-refractivity contribution >= 4 is 11.4 Å². The third-order valence-electron chi connectivity index (χ3n) is 4.18. The molecule has 3 heterocycles. The molecule has 140 valence electrons. The molecular weight excluding hydrogens is 363 g/mol. The van der Waals surface area contributed by atoms with Gasteiger partial charge in [-0.15, -0.1) is 0 Å². The Morgan fingerprint density at radius 3 is 2.71 bits per heavy atom. The molecule has 1 N–H and O–H groups in total. The normalized spacial score (nSPS) is 10.9. The average Bonchev–Trinajstić information content (AvgIpc) is 3.16. The van der Waals surface area contributed by atoms with Crippen LogP contribution in [0.1, 0.15) is 10.5 Å². The van der Waals surface area contributed by atoms with Crippen molar-refractivity contribution in [3.8, 4) is 11.3 Å². The molecule has 4 rings (SSSR count). The summed E-state index contributed by atoms with van der Waals surface area (Å²) in [6.07, 6.45) is 7.55. The van der Waals surface area contributed by atoms with Gasteiger partial charge in [0, 0.05) is 43.4 Å². The number of nitrogens with zero attached hydrogens (tertiary/aromatic N) is 5. The van der Waals surface area contributed by atoms with Crippen molar-refractivity contribution in [3.63, 3.8) is 0 Å². The summed E-state index contributed by atoms with van der Waals surface area (Å²) in [5.74, 6) is -0.691. The highest BCUT2D eigenvalue weighted by Crippen LogP contribution is 2.18. The van der Waals surface area contributed by atoms with Crippen molar-refractivity contribution in [2.24, 2.45) is 0 Å². The largest absolute Gasteiger partial charge is 0.349 e. The predicted octanol–water partition coefficient (Wildman–Crippen LogP) is 1.52. The van der Waals surface area contributed by atoms with Crippen LogP contribution in [0.25, 0.3) is 16.8 Å². The molecule has 0 aliphatic carbocycles. The van der Waals surface area contributed by atoms with Gasteiger partial charge in [-0.3, -0.25) is 14.6 Å². The molecule has 0 bridgehead atoms. The van der Waals surface area contributed by atoms with E-state index in [-0.39, 0.29) is 29.5 Å². The predicted molar refractivity (Wildman–Crippen MR) is 99.2 cm³/mol. The number of fused-ring (bicyclic) bond motifs is 1. The SMILES string of the molecule is O=C(NCCn1ccn2nc(-c3ccc(F)cc3)cc2c1=O)c1cnccn1. The molecule has 0 spiro atoms. The third-order valence-corrected chi connectivity index (χ3v) is 4.18. The number of hydrogen-bond acceptors (Lipinski definition) is 5. The first kappa shape index (κ1) is 17.5. The van der Waals surface area contributed by atoms with Gasteiger partial charge in [-0.25, -0.2) is 13.9 Å². The summed E-state index contributed by atoms with van der Waals surface area (Å²) in [5, 5.41) is 7.06. The van der Waals surface area contributed by atoms with E-state index >= 15 is 0 Å². The number of carbonyl (C=O) groups is 1. The third kappa shape index (κ3) is 3.50. The maximum atomic E-state index is 13.1. The Morgan fingerprint density at radius 2 is 1.96 bits per heavy atom. The van der Waals surface area contributed by atoms with Crippen molar-refractivity contribution in [2.75, 3.05) is 6.54 Å². The summed E-state index contributed by atoms with van der Waals surface area (Å²) in [5.41, 5.74) is 1.65. The van der Waals surface area contributed by atoms with Gasteiger partial charge in [0.2, 0.25) is 0 Å². The number of benzene rings is 1. The zero-order valence-corrected chi connectivity index (χ0v) is 14.6. The summed E-state index contributed by atoms with van der Waals surface area (Å²) in [7, 11) is 0. The van der Waals surface area contributed by atoms with E-state index in [1.54, 1.807) is 30.6 Å². The number of nitrogens with one attached hydrogen (secondary N) is 1. The molecule has 0 saturated carbocycles. The van der Waals surface area contributed by atoms with E-state index in [9.17, 15) is 14.0 Å². The molecule has 0 fully saturated rings. The van der Waals surface area contributed by atoms with Gasteiger partial charge in [0.1, 0.15) is 17.0 Å². The monoisotopic (exact) mass is 378 g/mol. The maximum Gasteiger partial charge on any atom is 0.276 e. The standard InChI is InChI=1S/C19H15FN6O2/c20-14-3-1-13(2-4-14)15-11-17-19(28)25(9-10-26(17)24-15)8-7-23-18(27)16-12-21-5-6-22-16/h1-6,9-12H,7-8H2,(H,23,27). The molecule has 0 radical (unpaired) electrons. The Balaban J connectivity index is 1.51. The maximum absolute atomic E-state index is 13.1. The highest BCUT2D eigenvalue weighted by molar-refractivity contribution is 5.91. The summed E-state index contributed by atoms with van der Waals surface area (Å²) < 4.78 is 16.1. The van der Waals surface area contributed by atoms with E-state index in [4.69, 9.17) is 0 Å². The second-order valence-corrected chi connectivity index (χ2v) is 6.01. The minimum atomic E-state index is -0.356. The van der Waals surface area contributed by atoms with Gasteiger partial charge in [-0.05, 0) is 30.3 Å². The molecule has 0 saturated heterocycles. The lowest BCUT2D eigenvalue weighted by Gasteiger charge is -2.07. The van der Waals surface area contributed by atoms with Gasteiger partial charge in [-0.2, -0.15) is 5.10 Å². The number of aromatic nitrogens is 5. The van der Waals surface area contributed by atoms with Gasteiger partial charge in [-0.1, -0.05) is 0 Å². The zero-order chi connectivity index (χ0) is 19.5. The molecular formula is C19H15FN6O2. The highest BCUT2D eigenvalue weighted by atomic mass is 19.1. The molecule has 0 unspecified atom stereocenters. The Morgan fingerprint density at radius 1 is 1.14 bits per heavy atom. The van der Waals surface area contributed by atoms with E-state index in [0.29, 0.717) is 23.3 Å². The van der Waals surface area contributed by atoms with E-state index < -0.39 is 0 Å². The number of amides is 1. The summed E-state index contributed by atoms with van der Waals surface area (Å²) in [6, 6.07) is 7.56. The quantitative estimate of drug-likeness (QED) is 0.568. The van der Waals surface area contributed by atoms with Crippen LogP contribution in [0.15, 0.2) is 66.1 Å². The van der Waals surface area contributed by atoms with Crippen LogP contribution in [0.5, 0.6) is 0 Å². The minimum Gasteiger partial charge on any atom is -0.349 e. The number of carbonyl (C=O) groups excluding carboxylic acids is 1. The molecule has 1 amide bonds. The van der Waals surface area contributed by atoms with Crippen LogP contribution >= 0.6 is 0 Å². The Kier molecular flexibility index (Phi) is 4.63. The summed E-state index contributed by atoms with van der Waals surface area (Å²) >= 11 is 0. The van der Waals surface area contributed by atoms with Crippen molar-refractivity contribution in [3.05, 3.63) is 83.2 Å². The molecule has 3 aromatic heterocycles. The van der Waals surface area contributed by atoms with Crippen LogP contribution < -0.4 is 10.9 Å². The van der Waals surface area contributed by atoms with E-state index in [0.717, 1.165) is 0 Å². The first-order valence-electron chi connectivity index (χ1n) is 8.51. The van der Waals surface area contributed by atoms with E-state index in [1.807, 2.05) is 0 Å². The van der Waals surface area contributed by atoms with Crippen molar-refractivity contribution in [1.82, 2.24) is 29.5 Å². The van der Waals surface area contributed by atoms with Gasteiger partial charge >= 0.3 is 0 Å². The summed E-state index contributed by atoms with van der Waals surface area (Å²) in [4.78, 5) is 32.4. The number of rotatable bonds is 5. The molecule has 0 aliphatic rings. The highest BCUT2D eigenvalue weighted by Gasteiger charge is 2.10. The van der Waals surface area contributed by atoms with Gasteiger partial charge < -0.3 is 9.88 Å². The molecule has 9 heteroatoms. The van der Waals surface area contributed by atoms with Gasteiger partial charge in [0.05, 0.1) is 11.9 Å². The van der Waals surface area contributed by atoms with Crippen LogP contribution in [0.4, 0.5) is 4.39 Å². The van der Waals surface area contributed by atoms with Crippen molar-refractivity contribution in [2.45, 2.75) is 6.54 Å². The lowest BCUT2D eigenvalue weighted by atomic mass is 10.1. The van der Waals surface area contributed by atoms with Crippen LogP contribution in [-0.4, -0.2) is 36.6 Å². The fraction of sp³-hybridized carbons (Fsp3) is 0.105. The van der Waals surface area contributed by atoms with E-state index in [1.165, 1.54) is 39.8 Å². The minimum absolute atomic E-state index is 0.213. The first-order chi connectivity index (χ1) is 13.6. The smallest absolute Gasteiger partial charge is 0.276 e. The topological polar surface area (TPSA) is 94.2 Å². The molecule has 8 nitrogen and oxygen atoms in total. The summed E-state index contributed by atoms with van der Waals surface area (Å²) in [6.45, 7) is 0.544. The lowest BCUT2D eigenvalue weighted by molar-refractivity contribution is 0.0947. The fourth-order valence-corrected chi connectivity index (χ4v) is 2.76.